The number of benzene rings is 2. The predicted molar refractivity (Wildman–Crippen MR) is 137 cm³/mol. The molecule has 0 aliphatic carbocycles. The first-order valence-electron chi connectivity index (χ1n) is 11.1. The van der Waals surface area contributed by atoms with Crippen molar-refractivity contribution in [2.45, 2.75) is 35.4 Å². The Morgan fingerprint density at radius 1 is 1.00 bits per heavy atom. The minimum Gasteiger partial charge on any atom is -0.326 e. The van der Waals surface area contributed by atoms with Crippen LogP contribution in [0.5, 0.6) is 0 Å². The van der Waals surface area contributed by atoms with E-state index in [4.69, 9.17) is 0 Å². The molecule has 2 amide bonds. The van der Waals surface area contributed by atoms with E-state index in [0.717, 1.165) is 24.1 Å². The molecule has 3 aromatic rings. The molecule has 0 atom stereocenters. The van der Waals surface area contributed by atoms with Gasteiger partial charge in [0.05, 0.1) is 4.90 Å². The van der Waals surface area contributed by atoms with Crippen molar-refractivity contribution < 1.29 is 18.0 Å². The molecule has 0 radical (unpaired) electrons. The summed E-state index contributed by atoms with van der Waals surface area (Å²) < 4.78 is 27.3. The Kier molecular flexibility index (Phi) is 8.16. The minimum atomic E-state index is -3.52. The van der Waals surface area contributed by atoms with Gasteiger partial charge in [0.2, 0.25) is 21.1 Å². The average molecular weight is 532 g/mol. The van der Waals surface area contributed by atoms with E-state index in [2.05, 4.69) is 20.8 Å². The molecule has 35 heavy (non-hydrogen) atoms. The number of anilines is 2. The highest BCUT2D eigenvalue weighted by atomic mass is 32.2. The lowest BCUT2D eigenvalue weighted by molar-refractivity contribution is -0.115. The van der Waals surface area contributed by atoms with Crippen molar-refractivity contribution in [2.75, 3.05) is 29.5 Å². The molecule has 1 aliphatic rings. The van der Waals surface area contributed by atoms with Crippen molar-refractivity contribution in [3.63, 3.8) is 0 Å². The fraction of sp³-hybridized carbons (Fsp3) is 0.304. The van der Waals surface area contributed by atoms with Gasteiger partial charge >= 0.3 is 0 Å². The largest absolute Gasteiger partial charge is 0.326 e. The number of aromatic nitrogens is 2. The number of nitrogens with zero attached hydrogens (tertiary/aromatic N) is 3. The zero-order valence-corrected chi connectivity index (χ0v) is 21.5. The molecule has 12 heteroatoms. The quantitative estimate of drug-likeness (QED) is 0.316. The normalized spacial score (nSPS) is 14.1. The van der Waals surface area contributed by atoms with Gasteiger partial charge in [-0.3, -0.25) is 14.9 Å². The van der Waals surface area contributed by atoms with Crippen LogP contribution in [0.2, 0.25) is 0 Å². The maximum atomic E-state index is 12.6. The molecule has 184 valence electrons. The SMILES string of the molecule is Cc1ccc(NC(=O)CCSc2nnc(NC(=O)c3ccc(S(=O)(=O)N4CCCC4)cc3)s2)cc1. The number of carbonyl (C=O) groups excluding carboxylic acids is 2. The van der Waals surface area contributed by atoms with Gasteiger partial charge in [-0.15, -0.1) is 10.2 Å². The van der Waals surface area contributed by atoms with Gasteiger partial charge < -0.3 is 5.32 Å². The van der Waals surface area contributed by atoms with Crippen molar-refractivity contribution in [3.05, 3.63) is 59.7 Å². The van der Waals surface area contributed by atoms with E-state index in [9.17, 15) is 18.0 Å². The molecule has 0 unspecified atom stereocenters. The smallest absolute Gasteiger partial charge is 0.257 e. The fourth-order valence-electron chi connectivity index (χ4n) is 3.44. The van der Waals surface area contributed by atoms with E-state index in [1.165, 1.54) is 51.7 Å². The summed E-state index contributed by atoms with van der Waals surface area (Å²) in [6, 6.07) is 13.5. The maximum absolute atomic E-state index is 12.6. The first-order valence-corrected chi connectivity index (χ1v) is 14.3. The summed E-state index contributed by atoms with van der Waals surface area (Å²) in [6.45, 7) is 3.04. The van der Waals surface area contributed by atoms with Gasteiger partial charge in [0, 0.05) is 36.5 Å². The number of sulfonamides is 1. The standard InChI is InChI=1S/C23H25N5O4S3/c1-16-4-8-18(9-5-16)24-20(29)12-15-33-23-27-26-22(34-23)25-21(30)17-6-10-19(11-7-17)35(31,32)28-13-2-3-14-28/h4-11H,2-3,12-15H2,1H3,(H,24,29)(H,25,26,30). The highest BCUT2D eigenvalue weighted by Crippen LogP contribution is 2.27. The minimum absolute atomic E-state index is 0.0883. The van der Waals surface area contributed by atoms with E-state index in [-0.39, 0.29) is 10.8 Å². The van der Waals surface area contributed by atoms with Crippen molar-refractivity contribution >= 4 is 55.8 Å². The Balaban J connectivity index is 1.25. The number of carbonyl (C=O) groups is 2. The molecule has 1 aliphatic heterocycles. The number of hydrogen-bond donors (Lipinski definition) is 2. The van der Waals surface area contributed by atoms with Crippen molar-refractivity contribution in [3.8, 4) is 0 Å². The predicted octanol–water partition coefficient (Wildman–Crippen LogP) is 4.00. The Labute approximate surface area is 212 Å². The van der Waals surface area contributed by atoms with Gasteiger partial charge in [-0.1, -0.05) is 40.8 Å². The zero-order chi connectivity index (χ0) is 24.8. The van der Waals surface area contributed by atoms with E-state index in [1.807, 2.05) is 31.2 Å². The Bertz CT molecular complexity index is 1290. The van der Waals surface area contributed by atoms with Gasteiger partial charge in [0.15, 0.2) is 4.34 Å². The van der Waals surface area contributed by atoms with Gasteiger partial charge in [0.1, 0.15) is 0 Å². The second-order valence-corrected chi connectivity index (χ2v) is 12.2. The lowest BCUT2D eigenvalue weighted by Gasteiger charge is -2.15. The van der Waals surface area contributed by atoms with Crippen LogP contribution in [-0.4, -0.2) is 53.6 Å². The molecule has 0 bridgehead atoms. The summed E-state index contributed by atoms with van der Waals surface area (Å²) in [6.07, 6.45) is 2.04. The molecule has 2 aromatic carbocycles. The fourth-order valence-corrected chi connectivity index (χ4v) is 6.71. The monoisotopic (exact) mass is 531 g/mol. The maximum Gasteiger partial charge on any atom is 0.257 e. The summed E-state index contributed by atoms with van der Waals surface area (Å²) >= 11 is 2.60. The second-order valence-electron chi connectivity index (χ2n) is 7.98. The molecule has 4 rings (SSSR count). The molecule has 0 spiro atoms. The lowest BCUT2D eigenvalue weighted by atomic mass is 10.2. The molecule has 2 N–H and O–H groups in total. The van der Waals surface area contributed by atoms with Crippen LogP contribution in [0, 0.1) is 6.92 Å². The molecule has 1 aromatic heterocycles. The van der Waals surface area contributed by atoms with Crippen LogP contribution in [0.15, 0.2) is 57.8 Å². The van der Waals surface area contributed by atoms with E-state index in [1.54, 1.807) is 0 Å². The number of amides is 2. The third-order valence-corrected chi connectivity index (χ3v) is 9.22. The van der Waals surface area contributed by atoms with Crippen LogP contribution in [0.25, 0.3) is 0 Å². The Morgan fingerprint density at radius 3 is 2.37 bits per heavy atom. The molecular weight excluding hydrogens is 506 g/mol. The van der Waals surface area contributed by atoms with E-state index >= 15 is 0 Å². The van der Waals surface area contributed by atoms with Crippen molar-refractivity contribution in [2.24, 2.45) is 0 Å². The van der Waals surface area contributed by atoms with Gasteiger partial charge in [0.25, 0.3) is 5.91 Å². The second kappa shape index (κ2) is 11.3. The third kappa shape index (κ3) is 6.66. The number of thioether (sulfide) groups is 1. The summed E-state index contributed by atoms with van der Waals surface area (Å²) in [4.78, 5) is 24.8. The number of aryl methyl sites for hydroxylation is 1. The first-order chi connectivity index (χ1) is 16.8. The molecule has 0 saturated carbocycles. The summed E-state index contributed by atoms with van der Waals surface area (Å²) in [5.74, 6) is 0.0302. The van der Waals surface area contributed by atoms with E-state index in [0.29, 0.717) is 40.3 Å². The topological polar surface area (TPSA) is 121 Å². The van der Waals surface area contributed by atoms with Crippen LogP contribution in [-0.2, 0) is 14.8 Å². The number of hydrogen-bond acceptors (Lipinski definition) is 8. The van der Waals surface area contributed by atoms with Crippen molar-refractivity contribution in [1.82, 2.24) is 14.5 Å². The summed E-state index contributed by atoms with van der Waals surface area (Å²) in [7, 11) is -3.52. The molecule has 1 fully saturated rings. The van der Waals surface area contributed by atoms with E-state index < -0.39 is 15.9 Å². The van der Waals surface area contributed by atoms with Crippen LogP contribution in [0.1, 0.15) is 35.2 Å². The van der Waals surface area contributed by atoms with Crippen LogP contribution < -0.4 is 10.6 Å². The third-order valence-electron chi connectivity index (χ3n) is 5.34. The van der Waals surface area contributed by atoms with Crippen LogP contribution in [0.4, 0.5) is 10.8 Å². The average Bonchev–Trinajstić information content (AvgIpc) is 3.54. The number of nitrogens with one attached hydrogen (secondary N) is 2. The first kappa shape index (κ1) is 25.3. The summed E-state index contributed by atoms with van der Waals surface area (Å²) in [5.41, 5.74) is 2.20. The zero-order valence-electron chi connectivity index (χ0n) is 19.1. The number of rotatable bonds is 9. The van der Waals surface area contributed by atoms with Crippen molar-refractivity contribution in [1.29, 1.82) is 0 Å². The Morgan fingerprint density at radius 2 is 1.69 bits per heavy atom. The van der Waals surface area contributed by atoms with Gasteiger partial charge in [-0.2, -0.15) is 4.31 Å². The van der Waals surface area contributed by atoms with Crippen LogP contribution >= 0.6 is 23.1 Å². The molecule has 1 saturated heterocycles. The highest BCUT2D eigenvalue weighted by molar-refractivity contribution is 8.01. The highest BCUT2D eigenvalue weighted by Gasteiger charge is 2.27. The molecular formula is C23H25N5O4S3. The van der Waals surface area contributed by atoms with Gasteiger partial charge in [-0.25, -0.2) is 8.42 Å². The van der Waals surface area contributed by atoms with Crippen LogP contribution in [0.3, 0.4) is 0 Å². The Hall–Kier alpha value is -2.80. The molecule has 2 heterocycles. The summed E-state index contributed by atoms with van der Waals surface area (Å²) in [5, 5.41) is 13.9. The molecule has 9 nitrogen and oxygen atoms in total. The van der Waals surface area contributed by atoms with Gasteiger partial charge in [-0.05, 0) is 56.2 Å². The lowest BCUT2D eigenvalue weighted by Crippen LogP contribution is -2.27.